The van der Waals surface area contributed by atoms with Gasteiger partial charge in [0.1, 0.15) is 12.7 Å². The van der Waals surface area contributed by atoms with E-state index < -0.39 is 17.7 Å². The van der Waals surface area contributed by atoms with E-state index >= 15 is 0 Å². The molecule has 6 nitrogen and oxygen atoms in total. The predicted octanol–water partition coefficient (Wildman–Crippen LogP) is 3.51. The van der Waals surface area contributed by atoms with Crippen molar-refractivity contribution < 1.29 is 19.1 Å². The number of carbonyl (C=O) groups is 2. The van der Waals surface area contributed by atoms with Crippen molar-refractivity contribution in [3.8, 4) is 0 Å². The van der Waals surface area contributed by atoms with Crippen LogP contribution in [0, 0.1) is 5.92 Å². The molecule has 25 heavy (non-hydrogen) atoms. The molecule has 0 bridgehead atoms. The van der Waals surface area contributed by atoms with Crippen LogP contribution in [0.5, 0.6) is 0 Å². The number of amides is 2. The molecule has 0 heterocycles. The molecule has 1 aromatic carbocycles. The first kappa shape index (κ1) is 18.8. The number of alkyl carbamates (subject to hydrolysis) is 1. The number of ether oxygens (including phenoxy) is 2. The highest BCUT2D eigenvalue weighted by molar-refractivity contribution is 5.68. The largest absolute Gasteiger partial charge is 0.446 e. The molecular formula is C19H26N2O4. The van der Waals surface area contributed by atoms with Crippen molar-refractivity contribution in [1.29, 1.82) is 0 Å². The van der Waals surface area contributed by atoms with E-state index in [2.05, 4.69) is 5.32 Å². The lowest BCUT2D eigenvalue weighted by atomic mass is 9.74. The number of hydrogen-bond donors (Lipinski definition) is 2. The van der Waals surface area contributed by atoms with E-state index in [0.717, 1.165) is 24.8 Å². The number of rotatable bonds is 7. The van der Waals surface area contributed by atoms with Crippen molar-refractivity contribution >= 4 is 12.2 Å². The normalized spacial score (nSPS) is 21.8. The van der Waals surface area contributed by atoms with Crippen LogP contribution in [-0.2, 0) is 16.1 Å². The van der Waals surface area contributed by atoms with Crippen molar-refractivity contribution in [3.63, 3.8) is 0 Å². The number of primary amides is 1. The Labute approximate surface area is 148 Å². The van der Waals surface area contributed by atoms with Crippen LogP contribution >= 0.6 is 0 Å². The summed E-state index contributed by atoms with van der Waals surface area (Å²) >= 11 is 0. The maximum Gasteiger partial charge on any atom is 0.408 e. The van der Waals surface area contributed by atoms with Crippen LogP contribution in [0.25, 0.3) is 0 Å². The summed E-state index contributed by atoms with van der Waals surface area (Å²) in [5.74, 6) is 0.361. The van der Waals surface area contributed by atoms with Crippen LogP contribution in [0.3, 0.4) is 0 Å². The summed E-state index contributed by atoms with van der Waals surface area (Å²) in [5.41, 5.74) is 5.46. The van der Waals surface area contributed by atoms with Crippen LogP contribution in [0.15, 0.2) is 42.5 Å². The van der Waals surface area contributed by atoms with Gasteiger partial charge in [-0.05, 0) is 44.6 Å². The third-order valence-corrected chi connectivity index (χ3v) is 4.32. The van der Waals surface area contributed by atoms with Gasteiger partial charge in [0.15, 0.2) is 0 Å². The van der Waals surface area contributed by atoms with Gasteiger partial charge < -0.3 is 20.5 Å². The fourth-order valence-corrected chi connectivity index (χ4v) is 3.22. The standard InChI is InChI=1S/C19H26N2O4/c1-3-9-19(2,12-15-10-16(11-15)25-17(20)22)21-18(23)24-13-14-7-5-4-6-8-14/h3-9,15-16H,10-13H2,1-2H3,(H2,20,22)(H,21,23)/b9-3+/t15?,16?,19-/m0/s1. The van der Waals surface area contributed by atoms with Gasteiger partial charge in [0.2, 0.25) is 0 Å². The molecule has 1 atom stereocenters. The molecule has 0 spiro atoms. The van der Waals surface area contributed by atoms with Crippen LogP contribution in [0.2, 0.25) is 0 Å². The maximum atomic E-state index is 12.2. The molecule has 0 unspecified atom stereocenters. The van der Waals surface area contributed by atoms with Gasteiger partial charge in [-0.2, -0.15) is 0 Å². The Balaban J connectivity index is 1.82. The molecule has 0 aromatic heterocycles. The second kappa shape index (κ2) is 8.55. The highest BCUT2D eigenvalue weighted by Crippen LogP contribution is 2.36. The monoisotopic (exact) mass is 346 g/mol. The van der Waals surface area contributed by atoms with E-state index in [-0.39, 0.29) is 12.7 Å². The van der Waals surface area contributed by atoms with Gasteiger partial charge in [0, 0.05) is 0 Å². The highest BCUT2D eigenvalue weighted by Gasteiger charge is 2.37. The summed E-state index contributed by atoms with van der Waals surface area (Å²) < 4.78 is 10.3. The van der Waals surface area contributed by atoms with Gasteiger partial charge in [0.05, 0.1) is 5.54 Å². The van der Waals surface area contributed by atoms with Crippen LogP contribution in [0.1, 0.15) is 38.7 Å². The zero-order valence-electron chi connectivity index (χ0n) is 14.7. The van der Waals surface area contributed by atoms with Crippen LogP contribution < -0.4 is 11.1 Å². The van der Waals surface area contributed by atoms with Crippen molar-refractivity contribution in [2.75, 3.05) is 0 Å². The fraction of sp³-hybridized carbons (Fsp3) is 0.474. The lowest BCUT2D eigenvalue weighted by Crippen LogP contribution is -2.48. The third kappa shape index (κ3) is 6.14. The summed E-state index contributed by atoms with van der Waals surface area (Å²) in [4.78, 5) is 22.9. The lowest BCUT2D eigenvalue weighted by molar-refractivity contribution is 0.0131. The van der Waals surface area contributed by atoms with Gasteiger partial charge in [-0.25, -0.2) is 9.59 Å². The van der Waals surface area contributed by atoms with Gasteiger partial charge in [-0.1, -0.05) is 42.5 Å². The average Bonchev–Trinajstić information content (AvgIpc) is 2.51. The molecule has 2 rings (SSSR count). The molecule has 1 saturated carbocycles. The van der Waals surface area contributed by atoms with Crippen molar-refractivity contribution in [2.45, 2.75) is 51.4 Å². The maximum absolute atomic E-state index is 12.2. The molecule has 2 amide bonds. The third-order valence-electron chi connectivity index (χ3n) is 4.32. The number of nitrogens with two attached hydrogens (primary N) is 1. The summed E-state index contributed by atoms with van der Waals surface area (Å²) in [6.07, 6.45) is 4.84. The molecule has 1 aromatic rings. The second-order valence-electron chi connectivity index (χ2n) is 6.70. The second-order valence-corrected chi connectivity index (χ2v) is 6.70. The molecule has 1 aliphatic rings. The van der Waals surface area contributed by atoms with Gasteiger partial charge >= 0.3 is 12.2 Å². The van der Waals surface area contributed by atoms with E-state index in [0.29, 0.717) is 5.92 Å². The summed E-state index contributed by atoms with van der Waals surface area (Å²) in [7, 11) is 0. The van der Waals surface area contributed by atoms with E-state index in [9.17, 15) is 9.59 Å². The average molecular weight is 346 g/mol. The quantitative estimate of drug-likeness (QED) is 0.739. The first-order chi connectivity index (χ1) is 11.9. The zero-order valence-corrected chi connectivity index (χ0v) is 14.7. The number of carbonyl (C=O) groups excluding carboxylic acids is 2. The summed E-state index contributed by atoms with van der Waals surface area (Å²) in [6.45, 7) is 4.10. The van der Waals surface area contributed by atoms with Crippen molar-refractivity contribution in [1.82, 2.24) is 5.32 Å². The Bertz CT molecular complexity index is 611. The molecular weight excluding hydrogens is 320 g/mol. The van der Waals surface area contributed by atoms with Crippen LogP contribution in [0.4, 0.5) is 9.59 Å². The smallest absolute Gasteiger partial charge is 0.408 e. The Morgan fingerprint density at radius 2 is 2.00 bits per heavy atom. The van der Waals surface area contributed by atoms with Crippen molar-refractivity contribution in [3.05, 3.63) is 48.0 Å². The van der Waals surface area contributed by atoms with E-state index in [1.807, 2.05) is 56.3 Å². The highest BCUT2D eigenvalue weighted by atomic mass is 16.6. The van der Waals surface area contributed by atoms with Crippen LogP contribution in [-0.4, -0.2) is 23.8 Å². The summed E-state index contributed by atoms with van der Waals surface area (Å²) in [6, 6.07) is 9.54. The first-order valence-corrected chi connectivity index (χ1v) is 8.49. The molecule has 136 valence electrons. The number of allylic oxidation sites excluding steroid dienone is 1. The number of benzene rings is 1. The lowest BCUT2D eigenvalue weighted by Gasteiger charge is -2.39. The molecule has 0 saturated heterocycles. The molecule has 3 N–H and O–H groups in total. The Morgan fingerprint density at radius 3 is 2.60 bits per heavy atom. The Kier molecular flexibility index (Phi) is 6.44. The Hall–Kier alpha value is -2.50. The minimum absolute atomic E-state index is 0.109. The van der Waals surface area contributed by atoms with Gasteiger partial charge in [-0.3, -0.25) is 0 Å². The van der Waals surface area contributed by atoms with E-state index in [1.54, 1.807) is 0 Å². The Morgan fingerprint density at radius 1 is 1.32 bits per heavy atom. The minimum Gasteiger partial charge on any atom is -0.446 e. The minimum atomic E-state index is -0.734. The predicted molar refractivity (Wildman–Crippen MR) is 94.8 cm³/mol. The summed E-state index contributed by atoms with van der Waals surface area (Å²) in [5, 5.41) is 2.94. The molecule has 1 aliphatic carbocycles. The van der Waals surface area contributed by atoms with E-state index in [1.165, 1.54) is 0 Å². The molecule has 0 radical (unpaired) electrons. The molecule has 1 fully saturated rings. The first-order valence-electron chi connectivity index (χ1n) is 8.49. The van der Waals surface area contributed by atoms with Gasteiger partial charge in [0.25, 0.3) is 0 Å². The van der Waals surface area contributed by atoms with Gasteiger partial charge in [-0.15, -0.1) is 0 Å². The van der Waals surface area contributed by atoms with E-state index in [4.69, 9.17) is 15.2 Å². The topological polar surface area (TPSA) is 90.6 Å². The number of hydrogen-bond acceptors (Lipinski definition) is 4. The number of nitrogens with one attached hydrogen (secondary N) is 1. The van der Waals surface area contributed by atoms with Crippen molar-refractivity contribution in [2.24, 2.45) is 11.7 Å². The fourth-order valence-electron chi connectivity index (χ4n) is 3.22. The molecule has 6 heteroatoms. The molecule has 0 aliphatic heterocycles. The zero-order chi connectivity index (χ0) is 18.3. The SMILES string of the molecule is C/C=C/[C@@](C)(CC1CC(OC(N)=O)C1)NC(=O)OCc1ccccc1.